The first-order valence-electron chi connectivity index (χ1n) is 4.91. The minimum atomic E-state index is 0. The summed E-state index contributed by atoms with van der Waals surface area (Å²) < 4.78 is 0. The van der Waals surface area contributed by atoms with Gasteiger partial charge in [-0.2, -0.15) is 0 Å². The molecular weight excluding hydrogens is 207 g/mol. The van der Waals surface area contributed by atoms with Crippen molar-refractivity contribution in [1.29, 1.82) is 0 Å². The molecule has 0 unspecified atom stereocenters. The minimum absolute atomic E-state index is 0. The van der Waals surface area contributed by atoms with Gasteiger partial charge in [-0.05, 0) is 45.3 Å². The van der Waals surface area contributed by atoms with Gasteiger partial charge >= 0.3 is 0 Å². The molecule has 2 nitrogen and oxygen atoms in total. The fourth-order valence-electron chi connectivity index (χ4n) is 2.25. The van der Waals surface area contributed by atoms with E-state index in [-0.39, 0.29) is 24.8 Å². The maximum atomic E-state index is 3.47. The van der Waals surface area contributed by atoms with Crippen LogP contribution in [0.25, 0.3) is 0 Å². The maximum absolute atomic E-state index is 3.47. The number of rotatable bonds is 1. The Bertz CT molecular complexity index is 121. The number of hydrogen-bond donors (Lipinski definition) is 1. The number of likely N-dealkylation sites (tertiary alicyclic amines) is 1. The molecular formula is C9H20Cl2N2. The van der Waals surface area contributed by atoms with E-state index in [1.807, 2.05) is 0 Å². The molecule has 2 saturated heterocycles. The van der Waals surface area contributed by atoms with Gasteiger partial charge in [0.05, 0.1) is 0 Å². The van der Waals surface area contributed by atoms with E-state index in [2.05, 4.69) is 10.2 Å². The molecule has 2 rings (SSSR count). The van der Waals surface area contributed by atoms with Crippen molar-refractivity contribution in [2.75, 3.05) is 26.2 Å². The zero-order chi connectivity index (χ0) is 7.52. The second-order valence-corrected chi connectivity index (χ2v) is 3.74. The summed E-state index contributed by atoms with van der Waals surface area (Å²) in [7, 11) is 0. The van der Waals surface area contributed by atoms with E-state index in [4.69, 9.17) is 0 Å². The van der Waals surface area contributed by atoms with Crippen molar-refractivity contribution in [3.8, 4) is 0 Å². The highest BCUT2D eigenvalue weighted by atomic mass is 35.5. The van der Waals surface area contributed by atoms with Gasteiger partial charge in [-0.1, -0.05) is 0 Å². The first-order chi connectivity index (χ1) is 5.47. The van der Waals surface area contributed by atoms with Crippen LogP contribution in [-0.2, 0) is 0 Å². The molecule has 2 heterocycles. The Kier molecular flexibility index (Phi) is 7.15. The van der Waals surface area contributed by atoms with Gasteiger partial charge in [0.1, 0.15) is 0 Å². The van der Waals surface area contributed by atoms with Crippen molar-refractivity contribution < 1.29 is 0 Å². The van der Waals surface area contributed by atoms with Crippen LogP contribution in [0.1, 0.15) is 25.7 Å². The van der Waals surface area contributed by atoms with E-state index in [1.165, 1.54) is 51.9 Å². The topological polar surface area (TPSA) is 15.3 Å². The fourth-order valence-corrected chi connectivity index (χ4v) is 2.25. The normalized spacial score (nSPS) is 29.1. The summed E-state index contributed by atoms with van der Waals surface area (Å²) in [5, 5.41) is 3.47. The van der Waals surface area contributed by atoms with Crippen LogP contribution in [0.2, 0.25) is 0 Å². The number of halogens is 2. The molecule has 0 saturated carbocycles. The molecule has 0 aromatic heterocycles. The Balaban J connectivity index is 0.000000720. The van der Waals surface area contributed by atoms with E-state index in [9.17, 15) is 0 Å². The van der Waals surface area contributed by atoms with Crippen LogP contribution in [0.4, 0.5) is 0 Å². The molecule has 2 fully saturated rings. The summed E-state index contributed by atoms with van der Waals surface area (Å²) in [5.41, 5.74) is 0. The average molecular weight is 227 g/mol. The number of nitrogens with one attached hydrogen (secondary N) is 1. The van der Waals surface area contributed by atoms with E-state index >= 15 is 0 Å². The van der Waals surface area contributed by atoms with Crippen LogP contribution < -0.4 is 5.32 Å². The summed E-state index contributed by atoms with van der Waals surface area (Å²) in [5.74, 6) is 0. The molecule has 4 heteroatoms. The fraction of sp³-hybridized carbons (Fsp3) is 1.00. The average Bonchev–Trinajstić information content (AvgIpc) is 2.58. The Morgan fingerprint density at radius 1 is 1.00 bits per heavy atom. The Labute approximate surface area is 93.3 Å². The SMILES string of the molecule is C1CNC[C@@H](N2CCCC2)C1.Cl.Cl. The van der Waals surface area contributed by atoms with Crippen molar-refractivity contribution in [3.63, 3.8) is 0 Å². The molecule has 2 aliphatic rings. The molecule has 0 aliphatic carbocycles. The van der Waals surface area contributed by atoms with Crippen molar-refractivity contribution in [3.05, 3.63) is 0 Å². The molecule has 1 atom stereocenters. The van der Waals surface area contributed by atoms with Gasteiger partial charge in [-0.25, -0.2) is 0 Å². The maximum Gasteiger partial charge on any atom is 0.0221 e. The standard InChI is InChI=1S/C9H18N2.2ClH/c1-2-7-11(6-1)9-4-3-5-10-8-9;;/h9-10H,1-8H2;2*1H/t9-;;/m0../s1. The number of hydrogen-bond acceptors (Lipinski definition) is 2. The van der Waals surface area contributed by atoms with Gasteiger partial charge in [0.2, 0.25) is 0 Å². The Hall–Kier alpha value is 0.500. The monoisotopic (exact) mass is 226 g/mol. The van der Waals surface area contributed by atoms with Crippen LogP contribution in [0.15, 0.2) is 0 Å². The largest absolute Gasteiger partial charge is 0.315 e. The highest BCUT2D eigenvalue weighted by Crippen LogP contribution is 2.16. The van der Waals surface area contributed by atoms with Crippen LogP contribution in [-0.4, -0.2) is 37.1 Å². The zero-order valence-corrected chi connectivity index (χ0v) is 9.63. The highest BCUT2D eigenvalue weighted by Gasteiger charge is 2.22. The van der Waals surface area contributed by atoms with Crippen LogP contribution in [0, 0.1) is 0 Å². The first-order valence-corrected chi connectivity index (χ1v) is 4.91. The lowest BCUT2D eigenvalue weighted by Crippen LogP contribution is -2.44. The molecule has 0 aromatic carbocycles. The molecule has 80 valence electrons. The van der Waals surface area contributed by atoms with E-state index in [1.54, 1.807) is 0 Å². The molecule has 1 N–H and O–H groups in total. The summed E-state index contributed by atoms with van der Waals surface area (Å²) in [6, 6.07) is 0.867. The first kappa shape index (κ1) is 13.5. The molecule has 0 spiro atoms. The minimum Gasteiger partial charge on any atom is -0.315 e. The van der Waals surface area contributed by atoms with E-state index in [0.717, 1.165) is 6.04 Å². The third-order valence-electron chi connectivity index (χ3n) is 2.93. The van der Waals surface area contributed by atoms with Crippen LogP contribution in [0.5, 0.6) is 0 Å². The van der Waals surface area contributed by atoms with Gasteiger partial charge in [0.15, 0.2) is 0 Å². The lowest BCUT2D eigenvalue weighted by atomic mass is 10.1. The molecule has 2 aliphatic heterocycles. The summed E-state index contributed by atoms with van der Waals surface area (Å²) >= 11 is 0. The van der Waals surface area contributed by atoms with Gasteiger partial charge in [-0.3, -0.25) is 4.90 Å². The molecule has 0 amide bonds. The lowest BCUT2D eigenvalue weighted by molar-refractivity contribution is 0.203. The lowest BCUT2D eigenvalue weighted by Gasteiger charge is -2.31. The number of piperidine rings is 1. The van der Waals surface area contributed by atoms with Crippen molar-refractivity contribution >= 4 is 24.8 Å². The van der Waals surface area contributed by atoms with Crippen LogP contribution in [0.3, 0.4) is 0 Å². The summed E-state index contributed by atoms with van der Waals surface area (Å²) in [6.07, 6.45) is 5.65. The molecule has 13 heavy (non-hydrogen) atoms. The van der Waals surface area contributed by atoms with Gasteiger partial charge < -0.3 is 5.32 Å². The molecule has 0 radical (unpaired) electrons. The Morgan fingerprint density at radius 2 is 1.69 bits per heavy atom. The van der Waals surface area contributed by atoms with E-state index in [0.29, 0.717) is 0 Å². The van der Waals surface area contributed by atoms with Crippen molar-refractivity contribution in [2.45, 2.75) is 31.7 Å². The van der Waals surface area contributed by atoms with Gasteiger partial charge in [-0.15, -0.1) is 24.8 Å². The predicted molar refractivity (Wildman–Crippen MR) is 61.2 cm³/mol. The Morgan fingerprint density at radius 3 is 2.23 bits per heavy atom. The van der Waals surface area contributed by atoms with Gasteiger partial charge in [0.25, 0.3) is 0 Å². The third-order valence-corrected chi connectivity index (χ3v) is 2.93. The summed E-state index contributed by atoms with van der Waals surface area (Å²) in [6.45, 7) is 5.18. The third kappa shape index (κ3) is 3.62. The second kappa shape index (κ2) is 6.88. The van der Waals surface area contributed by atoms with E-state index < -0.39 is 0 Å². The van der Waals surface area contributed by atoms with Crippen LogP contribution >= 0.6 is 24.8 Å². The second-order valence-electron chi connectivity index (χ2n) is 3.74. The highest BCUT2D eigenvalue weighted by molar-refractivity contribution is 5.85. The molecule has 0 aromatic rings. The van der Waals surface area contributed by atoms with Gasteiger partial charge in [0, 0.05) is 12.6 Å². The molecule has 0 bridgehead atoms. The van der Waals surface area contributed by atoms with Crippen molar-refractivity contribution in [1.82, 2.24) is 10.2 Å². The smallest absolute Gasteiger partial charge is 0.0221 e. The van der Waals surface area contributed by atoms with Crippen molar-refractivity contribution in [2.24, 2.45) is 0 Å². The number of nitrogens with zero attached hydrogens (tertiary/aromatic N) is 1. The summed E-state index contributed by atoms with van der Waals surface area (Å²) in [4.78, 5) is 2.66. The predicted octanol–water partition coefficient (Wildman–Crippen LogP) is 1.68. The zero-order valence-electron chi connectivity index (χ0n) is 8.00. The quantitative estimate of drug-likeness (QED) is 0.733.